The highest BCUT2D eigenvalue weighted by atomic mass is 32.2. The van der Waals surface area contributed by atoms with Crippen LogP contribution in [0, 0.1) is 6.92 Å². The highest BCUT2D eigenvalue weighted by molar-refractivity contribution is 7.89. The molecule has 0 spiro atoms. The number of amides is 1. The lowest BCUT2D eigenvalue weighted by molar-refractivity contribution is -0.116. The summed E-state index contributed by atoms with van der Waals surface area (Å²) < 4.78 is 53.3. The van der Waals surface area contributed by atoms with E-state index in [1.807, 2.05) is 13.1 Å². The summed E-state index contributed by atoms with van der Waals surface area (Å²) in [5, 5.41) is 2.64. The average molecular weight is 495 g/mol. The van der Waals surface area contributed by atoms with Crippen molar-refractivity contribution in [3.05, 3.63) is 59.7 Å². The molecule has 1 heterocycles. The van der Waals surface area contributed by atoms with Crippen LogP contribution in [-0.4, -0.2) is 82.3 Å². The lowest BCUT2D eigenvalue weighted by Gasteiger charge is -2.32. The number of hydrogen-bond donors (Lipinski definition) is 1. The van der Waals surface area contributed by atoms with Gasteiger partial charge in [0.2, 0.25) is 26.0 Å². The molecule has 1 saturated heterocycles. The van der Waals surface area contributed by atoms with Crippen LogP contribution in [0.5, 0.6) is 0 Å². The summed E-state index contributed by atoms with van der Waals surface area (Å²) in [5.74, 6) is -0.553. The normalized spacial score (nSPS) is 16.1. The number of likely N-dealkylation sites (N-methyl/N-ethyl adjacent to an activating group) is 1. The zero-order chi connectivity index (χ0) is 24.2. The fourth-order valence-corrected chi connectivity index (χ4v) is 5.97. The van der Waals surface area contributed by atoms with Crippen LogP contribution in [0.2, 0.25) is 0 Å². The molecule has 1 N–H and O–H groups in total. The molecule has 0 atom stereocenters. The fourth-order valence-electron chi connectivity index (χ4n) is 3.56. The zero-order valence-electron chi connectivity index (χ0n) is 19.1. The number of nitrogens with zero attached hydrogens (tertiary/aromatic N) is 3. The second kappa shape index (κ2) is 10.3. The van der Waals surface area contributed by atoms with Crippen LogP contribution >= 0.6 is 0 Å². The van der Waals surface area contributed by atoms with Gasteiger partial charge in [0.15, 0.2) is 0 Å². The summed E-state index contributed by atoms with van der Waals surface area (Å²) in [6.07, 6.45) is 1.05. The topological polar surface area (TPSA) is 107 Å². The molecular weight excluding hydrogens is 464 g/mol. The van der Waals surface area contributed by atoms with Crippen LogP contribution in [0.1, 0.15) is 11.1 Å². The lowest BCUT2D eigenvalue weighted by atomic mass is 10.2. The van der Waals surface area contributed by atoms with Crippen LogP contribution in [0.15, 0.2) is 53.4 Å². The van der Waals surface area contributed by atoms with E-state index in [0.29, 0.717) is 37.4 Å². The van der Waals surface area contributed by atoms with Gasteiger partial charge in [0.1, 0.15) is 0 Å². The van der Waals surface area contributed by atoms with Crippen molar-refractivity contribution in [1.29, 1.82) is 0 Å². The molecule has 0 aromatic heterocycles. The lowest BCUT2D eigenvalue weighted by Crippen LogP contribution is -2.47. The second-order valence-electron chi connectivity index (χ2n) is 8.25. The molecule has 1 fully saturated rings. The van der Waals surface area contributed by atoms with Gasteiger partial charge in [0, 0.05) is 38.4 Å². The van der Waals surface area contributed by atoms with Gasteiger partial charge in [-0.25, -0.2) is 16.8 Å². The Balaban J connectivity index is 1.75. The Hall–Kier alpha value is -2.31. The molecule has 180 valence electrons. The molecule has 11 heteroatoms. The third-order valence-corrected chi connectivity index (χ3v) is 8.78. The Bertz CT molecular complexity index is 1190. The van der Waals surface area contributed by atoms with Gasteiger partial charge in [0.25, 0.3) is 0 Å². The van der Waals surface area contributed by atoms with E-state index in [9.17, 15) is 21.6 Å². The van der Waals surface area contributed by atoms with Crippen molar-refractivity contribution in [2.75, 3.05) is 51.3 Å². The maximum atomic E-state index is 13.2. The summed E-state index contributed by atoms with van der Waals surface area (Å²) in [5.41, 5.74) is 1.63. The van der Waals surface area contributed by atoms with Crippen molar-refractivity contribution in [1.82, 2.24) is 13.5 Å². The molecule has 1 aliphatic heterocycles. The first-order valence-corrected chi connectivity index (χ1v) is 13.8. The van der Waals surface area contributed by atoms with Crippen molar-refractivity contribution in [2.45, 2.75) is 18.4 Å². The number of benzene rings is 2. The van der Waals surface area contributed by atoms with Gasteiger partial charge in [-0.15, -0.1) is 0 Å². The Morgan fingerprint density at radius 3 is 2.24 bits per heavy atom. The predicted octanol–water partition coefficient (Wildman–Crippen LogP) is 1.33. The Morgan fingerprint density at radius 2 is 1.64 bits per heavy atom. The van der Waals surface area contributed by atoms with E-state index in [4.69, 9.17) is 0 Å². The van der Waals surface area contributed by atoms with E-state index in [0.717, 1.165) is 16.1 Å². The Morgan fingerprint density at radius 1 is 1.00 bits per heavy atom. The van der Waals surface area contributed by atoms with Gasteiger partial charge < -0.3 is 10.2 Å². The van der Waals surface area contributed by atoms with Gasteiger partial charge in [-0.3, -0.25) is 4.79 Å². The fraction of sp³-hybridized carbons (Fsp3) is 0.409. The number of nitrogens with one attached hydrogen (secondary N) is 1. The summed E-state index contributed by atoms with van der Waals surface area (Å²) in [4.78, 5) is 14.9. The van der Waals surface area contributed by atoms with E-state index in [1.54, 1.807) is 43.3 Å². The van der Waals surface area contributed by atoms with E-state index >= 15 is 0 Å². The molecule has 0 saturated carbocycles. The highest BCUT2D eigenvalue weighted by Gasteiger charge is 2.29. The largest absolute Gasteiger partial charge is 0.325 e. The summed E-state index contributed by atoms with van der Waals surface area (Å²) in [7, 11) is -5.41. The van der Waals surface area contributed by atoms with Crippen molar-refractivity contribution in [3.63, 3.8) is 0 Å². The average Bonchev–Trinajstić information content (AvgIpc) is 2.75. The van der Waals surface area contributed by atoms with Crippen LogP contribution in [-0.2, 0) is 31.4 Å². The molecular formula is C22H30N4O5S2. The number of aryl methyl sites for hydroxylation is 1. The van der Waals surface area contributed by atoms with Crippen LogP contribution in [0.3, 0.4) is 0 Å². The highest BCUT2D eigenvalue weighted by Crippen LogP contribution is 2.24. The molecule has 33 heavy (non-hydrogen) atoms. The number of rotatable bonds is 8. The first-order chi connectivity index (χ1) is 15.5. The summed E-state index contributed by atoms with van der Waals surface area (Å²) >= 11 is 0. The second-order valence-corrected chi connectivity index (χ2v) is 12.1. The van der Waals surface area contributed by atoms with Crippen molar-refractivity contribution in [3.8, 4) is 0 Å². The third-order valence-electron chi connectivity index (χ3n) is 5.54. The molecule has 1 amide bonds. The van der Waals surface area contributed by atoms with Crippen LogP contribution in [0.25, 0.3) is 0 Å². The number of piperazine rings is 1. The maximum absolute atomic E-state index is 13.2. The molecule has 0 unspecified atom stereocenters. The molecule has 0 bridgehead atoms. The van der Waals surface area contributed by atoms with Crippen molar-refractivity contribution < 1.29 is 21.6 Å². The Kier molecular flexibility index (Phi) is 7.91. The number of sulfonamides is 2. The quantitative estimate of drug-likeness (QED) is 0.593. The van der Waals surface area contributed by atoms with Crippen molar-refractivity contribution in [2.24, 2.45) is 0 Å². The molecule has 1 aliphatic rings. The number of carbonyl (C=O) groups is 1. The third kappa shape index (κ3) is 6.61. The minimum Gasteiger partial charge on any atom is -0.325 e. The number of carbonyl (C=O) groups excluding carboxylic acids is 1. The number of hydrogen-bond acceptors (Lipinski definition) is 6. The van der Waals surface area contributed by atoms with E-state index < -0.39 is 26.0 Å². The van der Waals surface area contributed by atoms with Gasteiger partial charge in [0.05, 0.1) is 17.7 Å². The van der Waals surface area contributed by atoms with E-state index in [2.05, 4.69) is 10.2 Å². The van der Waals surface area contributed by atoms with Gasteiger partial charge in [-0.2, -0.15) is 8.61 Å². The number of anilines is 1. The van der Waals surface area contributed by atoms with Crippen LogP contribution in [0.4, 0.5) is 5.69 Å². The molecule has 0 aliphatic carbocycles. The molecule has 2 aromatic carbocycles. The van der Waals surface area contributed by atoms with Crippen molar-refractivity contribution >= 4 is 31.6 Å². The molecule has 0 radical (unpaired) electrons. The maximum Gasteiger partial charge on any atom is 0.243 e. The molecule has 2 aromatic rings. The molecule has 3 rings (SSSR count). The SMILES string of the molecule is Cc1ccc(NC(=O)CN(Cc2ccccc2)S(C)(=O)=O)cc1S(=O)(=O)N1CCN(C)CC1. The minimum absolute atomic E-state index is 0.0596. The van der Waals surface area contributed by atoms with E-state index in [1.165, 1.54) is 10.4 Å². The summed E-state index contributed by atoms with van der Waals surface area (Å²) in [6.45, 7) is 3.48. The first kappa shape index (κ1) is 25.3. The smallest absolute Gasteiger partial charge is 0.243 e. The predicted molar refractivity (Wildman–Crippen MR) is 128 cm³/mol. The zero-order valence-corrected chi connectivity index (χ0v) is 20.7. The minimum atomic E-state index is -3.71. The van der Waals surface area contributed by atoms with E-state index in [-0.39, 0.29) is 18.0 Å². The first-order valence-electron chi connectivity index (χ1n) is 10.5. The Labute approximate surface area is 196 Å². The van der Waals surface area contributed by atoms with Gasteiger partial charge in [-0.05, 0) is 37.2 Å². The summed E-state index contributed by atoms with van der Waals surface area (Å²) in [6, 6.07) is 13.7. The standard InChI is InChI=1S/C22H30N4O5S2/c1-18-9-10-20(15-21(18)33(30,31)25-13-11-24(2)12-14-25)23-22(27)17-26(32(3,28)29)16-19-7-5-4-6-8-19/h4-10,15H,11-14,16-17H2,1-3H3,(H,23,27). The van der Waals surface area contributed by atoms with Gasteiger partial charge in [-0.1, -0.05) is 36.4 Å². The molecule has 9 nitrogen and oxygen atoms in total. The van der Waals surface area contributed by atoms with Crippen LogP contribution < -0.4 is 5.32 Å². The monoisotopic (exact) mass is 494 g/mol. The van der Waals surface area contributed by atoms with Gasteiger partial charge >= 0.3 is 0 Å².